The Bertz CT molecular complexity index is 13.8. The Morgan fingerprint density at radius 3 is 0.429 bits per heavy atom. The fourth-order valence-electron chi connectivity index (χ4n) is 0. The maximum Gasteiger partial charge on any atom is 0 e. The maximum absolute atomic E-state index is 0. The third-order valence-corrected chi connectivity index (χ3v) is 0. The third kappa shape index (κ3) is 55.3. The van der Waals surface area contributed by atoms with Crippen LogP contribution in [0.4, 0.5) is 0 Å². The molecule has 7 heavy (non-hydrogen) atoms. The van der Waals surface area contributed by atoms with Crippen LogP contribution in [-0.4, -0.2) is 81.9 Å². The molecule has 0 aromatic rings. The first-order valence-corrected chi connectivity index (χ1v) is 0. The van der Waals surface area contributed by atoms with Crippen molar-refractivity contribution in [2.24, 2.45) is 0 Å². The molecule has 0 amide bonds. The van der Waals surface area contributed by atoms with Crippen molar-refractivity contribution in [3.63, 3.8) is 0 Å². The summed E-state index contributed by atoms with van der Waals surface area (Å²) in [7, 11) is 0. The second kappa shape index (κ2) is 73.3. The van der Waals surface area contributed by atoms with Gasteiger partial charge >= 0.3 is 0 Å². The van der Waals surface area contributed by atoms with Gasteiger partial charge in [-0.05, 0) is 0 Å². The third-order valence-electron chi connectivity index (χ3n) is 0. The first kappa shape index (κ1) is 105. The van der Waals surface area contributed by atoms with Crippen LogP contribution in [0.1, 0.15) is 2.85 Å². The van der Waals surface area contributed by atoms with E-state index in [1.807, 2.05) is 0 Å². The van der Waals surface area contributed by atoms with Gasteiger partial charge in [0.2, 0.25) is 0 Å². The van der Waals surface area contributed by atoms with E-state index in [0.29, 0.717) is 0 Å². The Morgan fingerprint density at radius 1 is 0.429 bits per heavy atom. The Balaban J connectivity index is 0. The summed E-state index contributed by atoms with van der Waals surface area (Å²) in [4.78, 5) is 0. The molecule has 0 aromatic carbocycles. The normalized spacial score (nSPS) is 0. The van der Waals surface area contributed by atoms with Crippen LogP contribution in [0.2, 0.25) is 0 Å². The molecule has 0 saturated heterocycles. The van der Waals surface area contributed by atoms with Gasteiger partial charge in [0, 0.05) is 81.9 Å². The van der Waals surface area contributed by atoms with Crippen LogP contribution >= 0.6 is 0 Å². The zero-order valence-electron chi connectivity index (χ0n) is 5.13. The van der Waals surface area contributed by atoms with Crippen LogP contribution < -0.4 is 0 Å². The predicted molar refractivity (Wildman–Crippen MR) is 22.2 cm³/mol. The van der Waals surface area contributed by atoms with Gasteiger partial charge in [0.05, 0.1) is 0 Å². The topological polar surface area (TPSA) is 114 Å². The summed E-state index contributed by atoms with van der Waals surface area (Å²) in [5, 5.41) is 0. The molecule has 0 bridgehead atoms. The molecule has 0 spiro atoms. The molecule has 0 saturated carbocycles. The molecule has 0 N–H and O–H groups in total. The van der Waals surface area contributed by atoms with Crippen LogP contribution in [0.3, 0.4) is 0 Å². The fourth-order valence-corrected chi connectivity index (χ4v) is 0. The fraction of sp³-hybridized carbons (Fsp3) is 0. The molecule has 0 heterocycles. The van der Waals surface area contributed by atoms with Crippen LogP contribution in [0.5, 0.6) is 0 Å². The van der Waals surface area contributed by atoms with Gasteiger partial charge in [-0.3, -0.25) is 0 Å². The van der Waals surface area contributed by atoms with E-state index in [1.165, 1.54) is 0 Å². The first-order valence-electron chi connectivity index (χ1n) is 0. The van der Waals surface area contributed by atoms with Gasteiger partial charge in [-0.15, -0.1) is 0 Å². The Morgan fingerprint density at radius 2 is 0.429 bits per heavy atom. The summed E-state index contributed by atoms with van der Waals surface area (Å²) < 4.78 is 0. The van der Waals surface area contributed by atoms with E-state index in [0.717, 1.165) is 0 Å². The van der Waals surface area contributed by atoms with Gasteiger partial charge in [-0.25, -0.2) is 0 Å². The molecule has 0 atom stereocenters. The average molecular weight is 688 g/mol. The van der Waals surface area contributed by atoms with Crippen LogP contribution in [0.25, 0.3) is 0 Å². The minimum atomic E-state index is 0. The summed E-state index contributed by atoms with van der Waals surface area (Å²) in [6, 6.07) is 0. The molecule has 7 heteroatoms. The summed E-state index contributed by atoms with van der Waals surface area (Å²) in [5.41, 5.74) is 0. The second-order valence-electron chi connectivity index (χ2n) is 0. The first-order chi connectivity index (χ1) is 0. The minimum absolute atomic E-state index is 0. The molecule has 48 valence electrons. The summed E-state index contributed by atoms with van der Waals surface area (Å²) >= 11 is 0. The van der Waals surface area contributed by atoms with Crippen molar-refractivity contribution < 1.29 is 24.8 Å². The van der Waals surface area contributed by atoms with E-state index < -0.39 is 0 Å². The molecular formula is H2O4Pb3-10. The molecule has 0 fully saturated rings. The van der Waals surface area contributed by atoms with Crippen molar-refractivity contribution in [3.05, 3.63) is 0 Å². The number of hydrogen-bond donors (Lipinski definition) is 0. The van der Waals surface area contributed by atoms with Gasteiger partial charge < -0.3 is 24.8 Å². The average Bonchev–Trinajstić information content (AvgIpc) is 0. The monoisotopic (exact) mass is 690 g/mol. The van der Waals surface area contributed by atoms with Gasteiger partial charge in [0.25, 0.3) is 0 Å². The van der Waals surface area contributed by atoms with Crippen LogP contribution in [0.15, 0.2) is 0 Å². The summed E-state index contributed by atoms with van der Waals surface area (Å²) in [5.74, 6) is 0. The predicted octanol–water partition coefficient (Wildman–Crippen LogP) is -1.39. The van der Waals surface area contributed by atoms with Crippen LogP contribution in [0, 0.1) is 0 Å². The van der Waals surface area contributed by atoms with Gasteiger partial charge in [0.1, 0.15) is 0 Å². The molecular weight excluding hydrogens is 686 g/mol. The maximum atomic E-state index is 0. The molecule has 12 radical (unpaired) electrons. The van der Waals surface area contributed by atoms with Gasteiger partial charge in [0.15, 0.2) is 0 Å². The molecule has 0 aliphatic heterocycles. The summed E-state index contributed by atoms with van der Waals surface area (Å²) in [6.45, 7) is 0. The Labute approximate surface area is 105 Å². The summed E-state index contributed by atoms with van der Waals surface area (Å²) in [6.07, 6.45) is 0. The van der Waals surface area contributed by atoms with Crippen molar-refractivity contribution in [1.29, 1.82) is 0 Å². The van der Waals surface area contributed by atoms with Crippen molar-refractivity contribution in [2.45, 2.75) is 0 Å². The zero-order chi connectivity index (χ0) is 0. The van der Waals surface area contributed by atoms with Gasteiger partial charge in [-0.2, -0.15) is 0 Å². The molecule has 0 aliphatic carbocycles. The zero-order valence-corrected chi connectivity index (χ0v) is 14.8. The van der Waals surface area contributed by atoms with Crippen LogP contribution in [-0.2, 0) is 21.9 Å². The van der Waals surface area contributed by atoms with E-state index in [1.54, 1.807) is 0 Å². The molecule has 0 aliphatic rings. The molecule has 4 nitrogen and oxygen atoms in total. The SMILES string of the molecule is [H-].[H-].[O-2].[O-2].[O-2].[O-2].[Pb].[Pb].[Pb]. The Hall–Kier alpha value is 2.61. The number of hydrogen-bond acceptors (Lipinski definition) is 0. The molecule has 0 unspecified atom stereocenters. The molecule has 0 aromatic heterocycles. The minimum Gasteiger partial charge on any atom is -2.00 e. The number of rotatable bonds is 0. The van der Waals surface area contributed by atoms with Crippen molar-refractivity contribution in [2.75, 3.05) is 0 Å². The van der Waals surface area contributed by atoms with E-state index in [4.69, 9.17) is 0 Å². The second-order valence-corrected chi connectivity index (χ2v) is 0. The van der Waals surface area contributed by atoms with E-state index in [-0.39, 0.29) is 107 Å². The van der Waals surface area contributed by atoms with Crippen molar-refractivity contribution in [3.8, 4) is 0 Å². The Kier molecular flexibility index (Phi) is 1100. The van der Waals surface area contributed by atoms with Gasteiger partial charge in [-0.1, -0.05) is 0 Å². The van der Waals surface area contributed by atoms with E-state index in [9.17, 15) is 0 Å². The standard InChI is InChI=1S/4O.3Pb.2H/q4*-2;;;;2*-1. The van der Waals surface area contributed by atoms with E-state index >= 15 is 0 Å². The smallest absolute Gasteiger partial charge is 0 e. The molecule has 0 rings (SSSR count). The quantitative estimate of drug-likeness (QED) is 0.280. The largest absolute Gasteiger partial charge is 2.00 e. The van der Waals surface area contributed by atoms with Crippen molar-refractivity contribution >= 4 is 81.9 Å². The van der Waals surface area contributed by atoms with E-state index in [2.05, 4.69) is 0 Å². The van der Waals surface area contributed by atoms with Crippen molar-refractivity contribution in [1.82, 2.24) is 0 Å².